The zero-order valence-electron chi connectivity index (χ0n) is 12.8. The number of halogens is 1. The summed E-state index contributed by atoms with van der Waals surface area (Å²) >= 11 is 0. The highest BCUT2D eigenvalue weighted by Crippen LogP contribution is 2.16. The summed E-state index contributed by atoms with van der Waals surface area (Å²) in [5.74, 6) is -1.09. The SMILES string of the molecule is CCOC(=O)c1nc(C)nc(N/C(C=C(C)C)=N/C)c1F. The van der Waals surface area contributed by atoms with Crippen molar-refractivity contribution in [2.75, 3.05) is 19.0 Å². The van der Waals surface area contributed by atoms with Crippen LogP contribution in [0.15, 0.2) is 16.6 Å². The molecule has 0 amide bonds. The van der Waals surface area contributed by atoms with Gasteiger partial charge in [0, 0.05) is 7.05 Å². The fourth-order valence-electron chi connectivity index (χ4n) is 1.53. The fraction of sp³-hybridized carbons (Fsp3) is 0.429. The molecule has 0 aliphatic rings. The van der Waals surface area contributed by atoms with Gasteiger partial charge in [-0.2, -0.15) is 0 Å². The monoisotopic (exact) mass is 294 g/mol. The Morgan fingerprint density at radius 1 is 1.43 bits per heavy atom. The second-order valence-corrected chi connectivity index (χ2v) is 4.46. The molecule has 0 aliphatic carbocycles. The average Bonchev–Trinajstić information content (AvgIpc) is 2.41. The normalized spacial score (nSPS) is 11.0. The number of hydrogen-bond acceptors (Lipinski definition) is 5. The number of aromatic nitrogens is 2. The second-order valence-electron chi connectivity index (χ2n) is 4.46. The van der Waals surface area contributed by atoms with Crippen LogP contribution in [0.3, 0.4) is 0 Å². The molecule has 1 rings (SSSR count). The molecule has 21 heavy (non-hydrogen) atoms. The first-order chi connectivity index (χ1) is 9.88. The van der Waals surface area contributed by atoms with E-state index in [0.717, 1.165) is 5.57 Å². The third-order valence-electron chi connectivity index (χ3n) is 2.34. The van der Waals surface area contributed by atoms with E-state index in [-0.39, 0.29) is 23.9 Å². The lowest BCUT2D eigenvalue weighted by Gasteiger charge is -2.10. The molecule has 1 aromatic heterocycles. The van der Waals surface area contributed by atoms with Gasteiger partial charge in [0.05, 0.1) is 6.61 Å². The highest BCUT2D eigenvalue weighted by molar-refractivity contribution is 6.04. The van der Waals surface area contributed by atoms with Gasteiger partial charge in [0.2, 0.25) is 0 Å². The van der Waals surface area contributed by atoms with Crippen LogP contribution in [0, 0.1) is 12.7 Å². The Labute approximate surface area is 123 Å². The minimum Gasteiger partial charge on any atom is -0.461 e. The molecule has 0 bridgehead atoms. The van der Waals surface area contributed by atoms with Crippen LogP contribution in [0.1, 0.15) is 37.1 Å². The summed E-state index contributed by atoms with van der Waals surface area (Å²) in [6.45, 7) is 7.12. The molecule has 0 atom stereocenters. The van der Waals surface area contributed by atoms with Crippen molar-refractivity contribution in [3.63, 3.8) is 0 Å². The van der Waals surface area contributed by atoms with Crippen molar-refractivity contribution in [3.8, 4) is 0 Å². The summed E-state index contributed by atoms with van der Waals surface area (Å²) in [5.41, 5.74) is 0.597. The molecule has 7 heteroatoms. The number of carbonyl (C=O) groups excluding carboxylic acids is 1. The van der Waals surface area contributed by atoms with E-state index in [9.17, 15) is 9.18 Å². The summed E-state index contributed by atoms with van der Waals surface area (Å²) in [6.07, 6.45) is 1.74. The third-order valence-corrected chi connectivity index (χ3v) is 2.34. The molecular formula is C14H19FN4O2. The molecule has 0 aliphatic heterocycles. The molecule has 114 valence electrons. The van der Waals surface area contributed by atoms with Crippen molar-refractivity contribution in [1.82, 2.24) is 9.97 Å². The van der Waals surface area contributed by atoms with Crippen molar-refractivity contribution >= 4 is 17.6 Å². The highest BCUT2D eigenvalue weighted by Gasteiger charge is 2.21. The first-order valence-electron chi connectivity index (χ1n) is 6.49. The number of nitrogens with one attached hydrogen (secondary N) is 1. The lowest BCUT2D eigenvalue weighted by atomic mass is 10.3. The third kappa shape index (κ3) is 4.62. The van der Waals surface area contributed by atoms with Gasteiger partial charge in [-0.3, -0.25) is 4.99 Å². The zero-order chi connectivity index (χ0) is 16.0. The first kappa shape index (κ1) is 16.7. The molecule has 6 nitrogen and oxygen atoms in total. The molecule has 0 fully saturated rings. The van der Waals surface area contributed by atoms with E-state index < -0.39 is 11.8 Å². The minimum atomic E-state index is -0.859. The highest BCUT2D eigenvalue weighted by atomic mass is 19.1. The van der Waals surface area contributed by atoms with Gasteiger partial charge in [-0.05, 0) is 33.8 Å². The average molecular weight is 294 g/mol. The van der Waals surface area contributed by atoms with Gasteiger partial charge < -0.3 is 10.1 Å². The Morgan fingerprint density at radius 2 is 2.10 bits per heavy atom. The Bertz CT molecular complexity index is 593. The maximum absolute atomic E-state index is 14.3. The lowest BCUT2D eigenvalue weighted by Crippen LogP contribution is -2.18. The van der Waals surface area contributed by atoms with Gasteiger partial charge in [0.15, 0.2) is 17.3 Å². The first-order valence-corrected chi connectivity index (χ1v) is 6.49. The van der Waals surface area contributed by atoms with Crippen LogP contribution in [-0.4, -0.2) is 35.4 Å². The number of amidine groups is 1. The fourth-order valence-corrected chi connectivity index (χ4v) is 1.53. The van der Waals surface area contributed by atoms with E-state index in [1.165, 1.54) is 0 Å². The van der Waals surface area contributed by atoms with Crippen LogP contribution in [0.25, 0.3) is 0 Å². The minimum absolute atomic E-state index is 0.108. The van der Waals surface area contributed by atoms with Crippen LogP contribution in [0.2, 0.25) is 0 Å². The largest absolute Gasteiger partial charge is 0.461 e. The maximum Gasteiger partial charge on any atom is 0.360 e. The molecule has 0 saturated heterocycles. The molecule has 0 saturated carbocycles. The van der Waals surface area contributed by atoms with Crippen LogP contribution in [0.4, 0.5) is 10.2 Å². The number of hydrogen-bond donors (Lipinski definition) is 1. The summed E-state index contributed by atoms with van der Waals surface area (Å²) in [7, 11) is 1.57. The van der Waals surface area contributed by atoms with Crippen molar-refractivity contribution in [3.05, 3.63) is 29.0 Å². The van der Waals surface area contributed by atoms with Gasteiger partial charge >= 0.3 is 5.97 Å². The Morgan fingerprint density at radius 3 is 2.62 bits per heavy atom. The molecular weight excluding hydrogens is 275 g/mol. The van der Waals surface area contributed by atoms with Crippen molar-refractivity contribution in [1.29, 1.82) is 0 Å². The van der Waals surface area contributed by atoms with Gasteiger partial charge in [0.25, 0.3) is 0 Å². The van der Waals surface area contributed by atoms with E-state index in [1.54, 1.807) is 27.0 Å². The van der Waals surface area contributed by atoms with Gasteiger partial charge in [-0.1, -0.05) is 5.57 Å². The molecule has 0 spiro atoms. The Kier molecular flexibility index (Phi) is 5.95. The van der Waals surface area contributed by atoms with Gasteiger partial charge in [-0.15, -0.1) is 0 Å². The molecule has 0 radical (unpaired) electrons. The predicted octanol–water partition coefficient (Wildman–Crippen LogP) is 2.51. The molecule has 1 heterocycles. The Hall–Kier alpha value is -2.31. The summed E-state index contributed by atoms with van der Waals surface area (Å²) < 4.78 is 19.1. The summed E-state index contributed by atoms with van der Waals surface area (Å²) in [6, 6.07) is 0. The quantitative estimate of drug-likeness (QED) is 0.524. The van der Waals surface area contributed by atoms with Crippen LogP contribution in [-0.2, 0) is 4.74 Å². The number of aliphatic imine (C=N–C) groups is 1. The lowest BCUT2D eigenvalue weighted by molar-refractivity contribution is 0.0513. The van der Waals surface area contributed by atoms with Gasteiger partial charge in [-0.25, -0.2) is 19.2 Å². The van der Waals surface area contributed by atoms with Crippen molar-refractivity contribution < 1.29 is 13.9 Å². The topological polar surface area (TPSA) is 76.5 Å². The van der Waals surface area contributed by atoms with Crippen molar-refractivity contribution in [2.45, 2.75) is 27.7 Å². The number of carbonyl (C=O) groups is 1. The van der Waals surface area contributed by atoms with Crippen LogP contribution < -0.4 is 5.32 Å². The smallest absolute Gasteiger partial charge is 0.360 e. The summed E-state index contributed by atoms with van der Waals surface area (Å²) in [5, 5.41) is 2.75. The van der Waals surface area contributed by atoms with E-state index in [1.807, 2.05) is 13.8 Å². The summed E-state index contributed by atoms with van der Waals surface area (Å²) in [4.78, 5) is 23.4. The predicted molar refractivity (Wildman–Crippen MR) is 79.1 cm³/mol. The number of allylic oxidation sites excluding steroid dienone is 1. The van der Waals surface area contributed by atoms with E-state index in [4.69, 9.17) is 4.74 Å². The second kappa shape index (κ2) is 7.47. The number of rotatable bonds is 4. The van der Waals surface area contributed by atoms with E-state index >= 15 is 0 Å². The van der Waals surface area contributed by atoms with Crippen molar-refractivity contribution in [2.24, 2.45) is 4.99 Å². The number of anilines is 1. The molecule has 0 unspecified atom stereocenters. The number of nitrogens with zero attached hydrogens (tertiary/aromatic N) is 3. The van der Waals surface area contributed by atoms with Crippen LogP contribution in [0.5, 0.6) is 0 Å². The van der Waals surface area contributed by atoms with E-state index in [2.05, 4.69) is 20.3 Å². The molecule has 0 aromatic carbocycles. The Balaban J connectivity index is 3.19. The molecule has 1 N–H and O–H groups in total. The molecule has 1 aromatic rings. The van der Waals surface area contributed by atoms with Gasteiger partial charge in [0.1, 0.15) is 11.7 Å². The zero-order valence-corrected chi connectivity index (χ0v) is 12.8. The number of ether oxygens (including phenoxy) is 1. The van der Waals surface area contributed by atoms with Crippen LogP contribution >= 0.6 is 0 Å². The number of aryl methyl sites for hydroxylation is 1. The maximum atomic E-state index is 14.3. The number of esters is 1. The van der Waals surface area contributed by atoms with E-state index in [0.29, 0.717) is 5.84 Å². The standard InChI is InChI=1S/C14H19FN4O2/c1-6-21-14(20)12-11(15)13(18-9(4)17-12)19-10(16-5)7-8(2)3/h7H,6H2,1-5H3,(H,16,17,18,19).